The van der Waals surface area contributed by atoms with Crippen LogP contribution in [-0.4, -0.2) is 99.4 Å². The van der Waals surface area contributed by atoms with Gasteiger partial charge < -0.3 is 20.3 Å². The Bertz CT molecular complexity index is 952. The normalized spacial score (nSPS) is 28.0. The van der Waals surface area contributed by atoms with Crippen molar-refractivity contribution < 1.29 is 31.7 Å². The molecule has 1 saturated heterocycles. The van der Waals surface area contributed by atoms with Crippen molar-refractivity contribution in [3.8, 4) is 0 Å². The number of aliphatic hydroxyl groups excluding tert-OH is 2. The van der Waals surface area contributed by atoms with Crippen molar-refractivity contribution in [1.29, 1.82) is 0 Å². The monoisotopic (exact) mass is 438 g/mol. The van der Waals surface area contributed by atoms with E-state index in [0.717, 1.165) is 32.8 Å². The Hall–Kier alpha value is -0.900. The summed E-state index contributed by atoms with van der Waals surface area (Å²) in [5, 5.41) is 23.8. The van der Waals surface area contributed by atoms with Gasteiger partial charge in [-0.2, -0.15) is 8.42 Å². The molecule has 1 aliphatic heterocycles. The summed E-state index contributed by atoms with van der Waals surface area (Å²) in [4.78, 5) is 12.7. The molecule has 1 aliphatic carbocycles. The van der Waals surface area contributed by atoms with Crippen LogP contribution in [0.5, 0.6) is 0 Å². The summed E-state index contributed by atoms with van der Waals surface area (Å²) < 4.78 is 38.5. The SMILES string of the molecule is COS(=O)(=O)O[C@H]1O[C@@H](n2cnc3c(NC4CCCC4)ncnc32)[C@H](O)[C@@H]1O.[Na]. The van der Waals surface area contributed by atoms with Crippen molar-refractivity contribution in [1.82, 2.24) is 19.5 Å². The summed E-state index contributed by atoms with van der Waals surface area (Å²) >= 11 is 0. The second-order valence-electron chi connectivity index (χ2n) is 6.72. The van der Waals surface area contributed by atoms with Gasteiger partial charge >= 0.3 is 10.4 Å². The van der Waals surface area contributed by atoms with Crippen LogP contribution in [0.4, 0.5) is 5.82 Å². The molecule has 1 radical (unpaired) electrons. The quantitative estimate of drug-likeness (QED) is 0.489. The summed E-state index contributed by atoms with van der Waals surface area (Å²) in [6.45, 7) is 0. The maximum atomic E-state index is 11.5. The topological polar surface area (TPSA) is 158 Å². The van der Waals surface area contributed by atoms with Gasteiger partial charge in [0.25, 0.3) is 0 Å². The van der Waals surface area contributed by atoms with E-state index in [1.165, 1.54) is 17.2 Å². The van der Waals surface area contributed by atoms with Crippen molar-refractivity contribution in [2.45, 2.75) is 56.5 Å². The third-order valence-corrected chi connectivity index (χ3v) is 5.77. The Morgan fingerprint density at radius 2 is 1.93 bits per heavy atom. The van der Waals surface area contributed by atoms with Crippen LogP contribution >= 0.6 is 0 Å². The van der Waals surface area contributed by atoms with Crippen molar-refractivity contribution in [3.63, 3.8) is 0 Å². The van der Waals surface area contributed by atoms with Crippen LogP contribution < -0.4 is 5.32 Å². The van der Waals surface area contributed by atoms with E-state index in [1.54, 1.807) is 0 Å². The van der Waals surface area contributed by atoms with Gasteiger partial charge in [-0.25, -0.2) is 19.1 Å². The predicted molar refractivity (Wildman–Crippen MR) is 99.9 cm³/mol. The van der Waals surface area contributed by atoms with E-state index in [9.17, 15) is 18.6 Å². The van der Waals surface area contributed by atoms with E-state index >= 15 is 0 Å². The number of imidazole rings is 1. The minimum atomic E-state index is -4.37. The fourth-order valence-corrected chi connectivity index (χ4v) is 3.97. The molecule has 155 valence electrons. The molecule has 0 spiro atoms. The number of anilines is 1. The van der Waals surface area contributed by atoms with Gasteiger partial charge in [-0.15, -0.1) is 0 Å². The Morgan fingerprint density at radius 3 is 2.62 bits per heavy atom. The van der Waals surface area contributed by atoms with Gasteiger partial charge in [-0.05, 0) is 12.8 Å². The molecule has 14 heteroatoms. The molecule has 2 aromatic heterocycles. The summed E-state index contributed by atoms with van der Waals surface area (Å²) in [5.41, 5.74) is 0.843. The van der Waals surface area contributed by atoms with E-state index < -0.39 is 35.1 Å². The molecule has 2 aliphatic rings. The number of rotatable bonds is 6. The van der Waals surface area contributed by atoms with Crippen LogP contribution in [0.1, 0.15) is 31.9 Å². The molecule has 2 fully saturated rings. The molecule has 2 aromatic rings. The number of hydrogen-bond donors (Lipinski definition) is 3. The van der Waals surface area contributed by atoms with Crippen LogP contribution in [0.15, 0.2) is 12.7 Å². The second kappa shape index (κ2) is 9.08. The number of fused-ring (bicyclic) bond motifs is 1. The van der Waals surface area contributed by atoms with Crippen LogP contribution in [0.3, 0.4) is 0 Å². The zero-order valence-corrected chi connectivity index (χ0v) is 18.8. The molecule has 12 nitrogen and oxygen atoms in total. The molecule has 0 bridgehead atoms. The number of aromatic nitrogens is 4. The van der Waals surface area contributed by atoms with Gasteiger partial charge in [-0.1, -0.05) is 12.8 Å². The predicted octanol–water partition coefficient (Wildman–Crippen LogP) is -0.716. The maximum Gasteiger partial charge on any atom is 0.402 e. The molecule has 3 heterocycles. The summed E-state index contributed by atoms with van der Waals surface area (Å²) in [6.07, 6.45) is 1.27. The second-order valence-corrected chi connectivity index (χ2v) is 8.06. The Balaban J connectivity index is 0.00000240. The Morgan fingerprint density at radius 1 is 1.21 bits per heavy atom. The first-order chi connectivity index (χ1) is 13.4. The summed E-state index contributed by atoms with van der Waals surface area (Å²) in [5.74, 6) is 0.568. The summed E-state index contributed by atoms with van der Waals surface area (Å²) in [6, 6.07) is 0.315. The van der Waals surface area contributed by atoms with Crippen LogP contribution in [-0.2, 0) is 23.5 Å². The van der Waals surface area contributed by atoms with Gasteiger partial charge in [0.1, 0.15) is 18.5 Å². The Labute approximate surface area is 189 Å². The number of aliphatic hydroxyl groups is 2. The van der Waals surface area contributed by atoms with Gasteiger partial charge in [0, 0.05) is 35.6 Å². The number of hydrogen-bond acceptors (Lipinski definition) is 11. The standard InChI is InChI=1S/C15H21N5O7S.Na/c1-25-28(23,24)27-15-11(22)10(21)14(26-15)20-7-18-9-12(16-6-17-13(9)20)19-8-4-2-3-5-8;/h6-8,10-11,14-15,21-22H,2-5H2,1H3,(H,16,17,19);/t10-,11+,14-,15-;/m1./s1. The average Bonchev–Trinajstić information content (AvgIpc) is 3.39. The Kier molecular flexibility index (Phi) is 7.13. The van der Waals surface area contributed by atoms with E-state index in [4.69, 9.17) is 4.74 Å². The molecule has 4 atom stereocenters. The molecule has 0 aromatic carbocycles. The van der Waals surface area contributed by atoms with Crippen molar-refractivity contribution in [2.24, 2.45) is 0 Å². The maximum absolute atomic E-state index is 11.5. The third-order valence-electron chi connectivity index (χ3n) is 4.94. The minimum absolute atomic E-state index is 0. The molecular weight excluding hydrogens is 417 g/mol. The molecule has 29 heavy (non-hydrogen) atoms. The minimum Gasteiger partial charge on any atom is -0.385 e. The third kappa shape index (κ3) is 4.57. The van der Waals surface area contributed by atoms with Crippen LogP contribution in [0.2, 0.25) is 0 Å². The van der Waals surface area contributed by atoms with Gasteiger partial charge in [0.05, 0.1) is 13.4 Å². The van der Waals surface area contributed by atoms with Crippen molar-refractivity contribution in [3.05, 3.63) is 12.7 Å². The van der Waals surface area contributed by atoms with E-state index in [-0.39, 0.29) is 29.6 Å². The average molecular weight is 438 g/mol. The van der Waals surface area contributed by atoms with E-state index in [1.807, 2.05) is 0 Å². The molecule has 4 rings (SSSR count). The molecule has 3 N–H and O–H groups in total. The summed E-state index contributed by atoms with van der Waals surface area (Å²) in [7, 11) is -3.46. The van der Waals surface area contributed by atoms with E-state index in [2.05, 4.69) is 28.6 Å². The molecular formula is C15H21N5NaO7S. The molecule has 0 unspecified atom stereocenters. The zero-order chi connectivity index (χ0) is 19.9. The molecule has 1 saturated carbocycles. The first-order valence-electron chi connectivity index (χ1n) is 8.84. The fraction of sp³-hybridized carbons (Fsp3) is 0.667. The van der Waals surface area contributed by atoms with Crippen molar-refractivity contribution >= 4 is 56.9 Å². The van der Waals surface area contributed by atoms with Gasteiger partial charge in [0.15, 0.2) is 23.2 Å². The first-order valence-corrected chi connectivity index (χ1v) is 10.2. The number of nitrogens with one attached hydrogen (secondary N) is 1. The fourth-order valence-electron chi connectivity index (χ4n) is 3.50. The largest absolute Gasteiger partial charge is 0.402 e. The first kappa shape index (κ1) is 22.8. The molecule has 0 amide bonds. The van der Waals surface area contributed by atoms with Crippen molar-refractivity contribution in [2.75, 3.05) is 12.4 Å². The van der Waals surface area contributed by atoms with Gasteiger partial charge in [0.2, 0.25) is 6.29 Å². The number of ether oxygens (including phenoxy) is 1. The number of nitrogens with zero attached hydrogens (tertiary/aromatic N) is 4. The van der Waals surface area contributed by atoms with E-state index in [0.29, 0.717) is 23.0 Å². The zero-order valence-electron chi connectivity index (χ0n) is 16.0. The van der Waals surface area contributed by atoms with Crippen LogP contribution in [0, 0.1) is 0 Å². The smallest absolute Gasteiger partial charge is 0.385 e. The van der Waals surface area contributed by atoms with Crippen LogP contribution in [0.25, 0.3) is 11.2 Å². The van der Waals surface area contributed by atoms with Gasteiger partial charge in [-0.3, -0.25) is 8.75 Å².